The first-order chi connectivity index (χ1) is 14.0. The van der Waals surface area contributed by atoms with E-state index in [0.717, 1.165) is 42.7 Å². The van der Waals surface area contributed by atoms with Gasteiger partial charge in [0.1, 0.15) is 5.75 Å². The summed E-state index contributed by atoms with van der Waals surface area (Å²) < 4.78 is 10.7. The number of benzene rings is 2. The summed E-state index contributed by atoms with van der Waals surface area (Å²) >= 11 is 5.87. The van der Waals surface area contributed by atoms with Crippen LogP contribution in [0.2, 0.25) is 5.02 Å². The second-order valence-corrected chi connectivity index (χ2v) is 7.85. The molecule has 0 unspecified atom stereocenters. The van der Waals surface area contributed by atoms with Crippen molar-refractivity contribution in [2.45, 2.75) is 44.6 Å². The molecule has 5 nitrogen and oxygen atoms in total. The second kappa shape index (κ2) is 10.3. The molecule has 1 N–H and O–H groups in total. The van der Waals surface area contributed by atoms with Crippen LogP contribution in [0.15, 0.2) is 48.5 Å². The molecule has 1 amide bonds. The van der Waals surface area contributed by atoms with Gasteiger partial charge in [0.15, 0.2) is 0 Å². The molecule has 1 saturated carbocycles. The van der Waals surface area contributed by atoms with Crippen molar-refractivity contribution in [2.75, 3.05) is 12.4 Å². The molecule has 0 heterocycles. The predicted molar refractivity (Wildman–Crippen MR) is 113 cm³/mol. The van der Waals surface area contributed by atoms with Gasteiger partial charge in [0.2, 0.25) is 5.91 Å². The van der Waals surface area contributed by atoms with Crippen molar-refractivity contribution in [1.29, 1.82) is 0 Å². The molecule has 1 aliphatic rings. The normalized spacial score (nSPS) is 18.7. The molecule has 0 aliphatic heterocycles. The molecule has 2 aromatic carbocycles. The Morgan fingerprint density at radius 2 is 1.66 bits per heavy atom. The molecule has 0 saturated heterocycles. The lowest BCUT2D eigenvalue weighted by atomic mass is 9.85. The summed E-state index contributed by atoms with van der Waals surface area (Å²) in [7, 11) is 1.39. The Morgan fingerprint density at radius 1 is 1.00 bits per heavy atom. The zero-order chi connectivity index (χ0) is 20.6. The molecule has 154 valence electrons. The Morgan fingerprint density at radius 3 is 2.28 bits per heavy atom. The average Bonchev–Trinajstić information content (AvgIpc) is 2.72. The fourth-order valence-electron chi connectivity index (χ4n) is 3.58. The van der Waals surface area contributed by atoms with Crippen LogP contribution in [0.4, 0.5) is 5.69 Å². The Balaban J connectivity index is 1.40. The smallest absolute Gasteiger partial charge is 0.309 e. The van der Waals surface area contributed by atoms with Crippen LogP contribution < -0.4 is 10.1 Å². The highest BCUT2D eigenvalue weighted by Crippen LogP contribution is 2.30. The van der Waals surface area contributed by atoms with Gasteiger partial charge < -0.3 is 14.8 Å². The molecule has 0 aromatic heterocycles. The first-order valence-corrected chi connectivity index (χ1v) is 10.3. The summed E-state index contributed by atoms with van der Waals surface area (Å²) in [5.41, 5.74) is 1.67. The van der Waals surface area contributed by atoms with E-state index >= 15 is 0 Å². The van der Waals surface area contributed by atoms with Gasteiger partial charge in [-0.3, -0.25) is 9.59 Å². The standard InChI is InChI=1S/C23H26ClNO4/c1-28-23(27)15-17-4-12-21(13-5-17)29-20-10-2-16(3-11-20)14-22(26)25-19-8-6-18(24)7-9-19/h4-9,12-13,16,20H,2-3,10-11,14-15H2,1H3,(H,25,26). The quantitative estimate of drug-likeness (QED) is 0.644. The molecular weight excluding hydrogens is 390 g/mol. The fourth-order valence-corrected chi connectivity index (χ4v) is 3.70. The highest BCUT2D eigenvalue weighted by atomic mass is 35.5. The monoisotopic (exact) mass is 415 g/mol. The number of hydrogen-bond donors (Lipinski definition) is 1. The number of halogens is 1. The maximum Gasteiger partial charge on any atom is 0.309 e. The lowest BCUT2D eigenvalue weighted by Crippen LogP contribution is -2.26. The van der Waals surface area contributed by atoms with Gasteiger partial charge in [-0.1, -0.05) is 23.7 Å². The molecule has 1 aliphatic carbocycles. The third-order valence-corrected chi connectivity index (χ3v) is 5.45. The first-order valence-electron chi connectivity index (χ1n) is 9.89. The highest BCUT2D eigenvalue weighted by molar-refractivity contribution is 6.30. The average molecular weight is 416 g/mol. The van der Waals surface area contributed by atoms with Crippen LogP contribution in [0, 0.1) is 5.92 Å². The lowest BCUT2D eigenvalue weighted by molar-refractivity contribution is -0.139. The zero-order valence-electron chi connectivity index (χ0n) is 16.5. The fraction of sp³-hybridized carbons (Fsp3) is 0.391. The molecular formula is C23H26ClNO4. The number of carbonyl (C=O) groups excluding carboxylic acids is 2. The van der Waals surface area contributed by atoms with Crippen LogP contribution in [0.25, 0.3) is 0 Å². The van der Waals surface area contributed by atoms with Crippen LogP contribution >= 0.6 is 11.6 Å². The Kier molecular flexibility index (Phi) is 7.53. The van der Waals surface area contributed by atoms with E-state index in [0.29, 0.717) is 17.4 Å². The molecule has 3 rings (SSSR count). The molecule has 0 atom stereocenters. The number of hydrogen-bond acceptors (Lipinski definition) is 4. The number of carbonyl (C=O) groups is 2. The Bertz CT molecular complexity index is 812. The summed E-state index contributed by atoms with van der Waals surface area (Å²) in [6.45, 7) is 0. The van der Waals surface area contributed by atoms with E-state index in [9.17, 15) is 9.59 Å². The van der Waals surface area contributed by atoms with Crippen LogP contribution in [0.1, 0.15) is 37.7 Å². The van der Waals surface area contributed by atoms with Crippen molar-refractivity contribution in [3.8, 4) is 5.75 Å². The molecule has 0 bridgehead atoms. The van der Waals surface area contributed by atoms with Crippen LogP contribution in [0.5, 0.6) is 5.75 Å². The van der Waals surface area contributed by atoms with E-state index in [4.69, 9.17) is 16.3 Å². The molecule has 0 radical (unpaired) electrons. The van der Waals surface area contributed by atoms with Crippen LogP contribution in [-0.4, -0.2) is 25.1 Å². The minimum Gasteiger partial charge on any atom is -0.490 e. The van der Waals surface area contributed by atoms with Crippen LogP contribution in [0.3, 0.4) is 0 Å². The largest absolute Gasteiger partial charge is 0.490 e. The van der Waals surface area contributed by atoms with E-state index in [2.05, 4.69) is 10.1 Å². The van der Waals surface area contributed by atoms with E-state index in [1.165, 1.54) is 7.11 Å². The van der Waals surface area contributed by atoms with Crippen molar-refractivity contribution in [1.82, 2.24) is 0 Å². The molecule has 2 aromatic rings. The van der Waals surface area contributed by atoms with Crippen molar-refractivity contribution in [3.63, 3.8) is 0 Å². The summed E-state index contributed by atoms with van der Waals surface area (Å²) in [5, 5.41) is 3.58. The third kappa shape index (κ3) is 6.79. The number of ether oxygens (including phenoxy) is 2. The summed E-state index contributed by atoms with van der Waals surface area (Å²) in [5.74, 6) is 0.974. The summed E-state index contributed by atoms with van der Waals surface area (Å²) in [6, 6.07) is 14.7. The van der Waals surface area contributed by atoms with Gasteiger partial charge in [-0.05, 0) is 73.6 Å². The number of nitrogens with one attached hydrogen (secondary N) is 1. The van der Waals surface area contributed by atoms with Gasteiger partial charge in [0.25, 0.3) is 0 Å². The van der Waals surface area contributed by atoms with Gasteiger partial charge in [-0.25, -0.2) is 0 Å². The van der Waals surface area contributed by atoms with Gasteiger partial charge >= 0.3 is 5.97 Å². The van der Waals surface area contributed by atoms with Gasteiger partial charge in [0, 0.05) is 17.1 Å². The SMILES string of the molecule is COC(=O)Cc1ccc(OC2CCC(CC(=O)Nc3ccc(Cl)cc3)CC2)cc1. The first kappa shape index (κ1) is 21.2. The maximum atomic E-state index is 12.3. The second-order valence-electron chi connectivity index (χ2n) is 7.42. The molecule has 1 fully saturated rings. The number of esters is 1. The van der Waals surface area contributed by atoms with Crippen LogP contribution in [-0.2, 0) is 20.7 Å². The van der Waals surface area contributed by atoms with Crippen molar-refractivity contribution in [2.24, 2.45) is 5.92 Å². The van der Waals surface area contributed by atoms with Crippen molar-refractivity contribution >= 4 is 29.2 Å². The predicted octanol–water partition coefficient (Wildman–Crippen LogP) is 5.02. The zero-order valence-corrected chi connectivity index (χ0v) is 17.3. The van der Waals surface area contributed by atoms with Gasteiger partial charge in [-0.2, -0.15) is 0 Å². The van der Waals surface area contributed by atoms with Crippen molar-refractivity contribution in [3.05, 3.63) is 59.1 Å². The maximum absolute atomic E-state index is 12.3. The Hall–Kier alpha value is -2.53. The lowest BCUT2D eigenvalue weighted by Gasteiger charge is -2.28. The van der Waals surface area contributed by atoms with E-state index in [1.807, 2.05) is 24.3 Å². The minimum atomic E-state index is -0.253. The van der Waals surface area contributed by atoms with Gasteiger partial charge in [0.05, 0.1) is 19.6 Å². The number of methoxy groups -OCH3 is 1. The third-order valence-electron chi connectivity index (χ3n) is 5.20. The summed E-state index contributed by atoms with van der Waals surface area (Å²) in [4.78, 5) is 23.6. The molecule has 29 heavy (non-hydrogen) atoms. The molecule has 6 heteroatoms. The van der Waals surface area contributed by atoms with E-state index in [-0.39, 0.29) is 24.4 Å². The minimum absolute atomic E-state index is 0.0397. The number of rotatable bonds is 7. The number of anilines is 1. The topological polar surface area (TPSA) is 64.6 Å². The number of amides is 1. The van der Waals surface area contributed by atoms with E-state index < -0.39 is 0 Å². The van der Waals surface area contributed by atoms with E-state index in [1.54, 1.807) is 24.3 Å². The highest BCUT2D eigenvalue weighted by Gasteiger charge is 2.24. The van der Waals surface area contributed by atoms with Gasteiger partial charge in [-0.15, -0.1) is 0 Å². The van der Waals surface area contributed by atoms with Crippen molar-refractivity contribution < 1.29 is 19.1 Å². The summed E-state index contributed by atoms with van der Waals surface area (Å²) in [6.07, 6.45) is 4.76. The Labute approximate surface area is 176 Å². The molecule has 0 spiro atoms.